The lowest BCUT2D eigenvalue weighted by Gasteiger charge is -2.19. The van der Waals surface area contributed by atoms with Crippen molar-refractivity contribution in [2.24, 2.45) is 4.99 Å². The fourth-order valence-corrected chi connectivity index (χ4v) is 1.98. The second-order valence-electron chi connectivity index (χ2n) is 2.80. The van der Waals surface area contributed by atoms with Crippen LogP contribution in [0.5, 0.6) is 0 Å². The number of aliphatic imine (C=N–C) groups is 1. The minimum Gasteiger partial charge on any atom is -0.342 e. The largest absolute Gasteiger partial charge is 0.342 e. The summed E-state index contributed by atoms with van der Waals surface area (Å²) in [4.78, 5) is 4.08. The van der Waals surface area contributed by atoms with Crippen molar-refractivity contribution in [1.29, 1.82) is 0 Å². The van der Waals surface area contributed by atoms with E-state index in [2.05, 4.69) is 4.99 Å². The molecule has 0 aromatic heterocycles. The van der Waals surface area contributed by atoms with Gasteiger partial charge in [-0.3, -0.25) is 4.99 Å². The Labute approximate surface area is 72.4 Å². The summed E-state index contributed by atoms with van der Waals surface area (Å²) >= 11 is 5.17. The number of dihydropyridines is 1. The summed E-state index contributed by atoms with van der Waals surface area (Å²) in [6.45, 7) is 4.68. The van der Waals surface area contributed by atoms with Crippen LogP contribution in [0.4, 0.5) is 0 Å². The van der Waals surface area contributed by atoms with Crippen LogP contribution >= 0.6 is 6.26 Å². The van der Waals surface area contributed by atoms with E-state index in [0.29, 0.717) is 0 Å². The molecule has 1 aliphatic heterocycles. The molecule has 2 nitrogen and oxygen atoms in total. The second-order valence-corrected chi connectivity index (χ2v) is 8.15. The Morgan fingerprint density at radius 2 is 2.36 bits per heavy atom. The molecule has 0 aromatic carbocycles. The summed E-state index contributed by atoms with van der Waals surface area (Å²) in [5.41, 5.74) is 0. The minimum absolute atomic E-state index is 0.112. The van der Waals surface area contributed by atoms with Gasteiger partial charge in [-0.15, -0.1) is 0 Å². The standard InChI is InChI=1S/C7H12NOPS/c1-10(2,11)9-7-4-3-5-8-6-7/h3-5,7H,6H2,1-2H3. The number of allylic oxidation sites excluding steroid dienone is 1. The van der Waals surface area contributed by atoms with Crippen molar-refractivity contribution < 1.29 is 4.52 Å². The Balaban J connectivity index is 2.46. The highest BCUT2D eigenvalue weighted by Crippen LogP contribution is 2.39. The quantitative estimate of drug-likeness (QED) is 0.616. The topological polar surface area (TPSA) is 21.6 Å². The van der Waals surface area contributed by atoms with Gasteiger partial charge >= 0.3 is 0 Å². The average Bonchev–Trinajstić information content (AvgIpc) is 1.85. The summed E-state index contributed by atoms with van der Waals surface area (Å²) in [6.07, 6.45) is 4.28. The van der Waals surface area contributed by atoms with Gasteiger partial charge < -0.3 is 4.52 Å². The molecule has 1 atom stereocenters. The molecule has 0 N–H and O–H groups in total. The zero-order chi connectivity index (χ0) is 8.32. The normalized spacial score (nSPS) is 24.0. The first-order valence-electron chi connectivity index (χ1n) is 3.48. The molecular formula is C7H12NOPS. The van der Waals surface area contributed by atoms with Crippen molar-refractivity contribution in [3.05, 3.63) is 12.2 Å². The van der Waals surface area contributed by atoms with Gasteiger partial charge in [0.15, 0.2) is 0 Å². The van der Waals surface area contributed by atoms with Gasteiger partial charge in [0.2, 0.25) is 0 Å². The number of hydrogen-bond acceptors (Lipinski definition) is 3. The smallest absolute Gasteiger partial charge is 0.101 e. The van der Waals surface area contributed by atoms with E-state index in [1.165, 1.54) is 0 Å². The third-order valence-electron chi connectivity index (χ3n) is 1.19. The molecule has 0 radical (unpaired) electrons. The molecule has 0 spiro atoms. The van der Waals surface area contributed by atoms with Crippen molar-refractivity contribution in [3.63, 3.8) is 0 Å². The van der Waals surface area contributed by atoms with Crippen LogP contribution in [-0.4, -0.2) is 32.2 Å². The Morgan fingerprint density at radius 3 is 2.82 bits per heavy atom. The maximum atomic E-state index is 5.60. The lowest BCUT2D eigenvalue weighted by molar-refractivity contribution is 0.288. The van der Waals surface area contributed by atoms with Gasteiger partial charge in [-0.1, -0.05) is 17.9 Å². The Morgan fingerprint density at radius 1 is 1.64 bits per heavy atom. The van der Waals surface area contributed by atoms with E-state index in [-0.39, 0.29) is 6.10 Å². The second kappa shape index (κ2) is 3.61. The van der Waals surface area contributed by atoms with Gasteiger partial charge in [0, 0.05) is 6.21 Å². The summed E-state index contributed by atoms with van der Waals surface area (Å²) < 4.78 is 5.60. The number of nitrogens with zero attached hydrogens (tertiary/aromatic N) is 1. The first kappa shape index (κ1) is 9.11. The molecule has 62 valence electrons. The van der Waals surface area contributed by atoms with Crippen LogP contribution in [-0.2, 0) is 16.3 Å². The first-order chi connectivity index (χ1) is 5.08. The molecule has 0 amide bonds. The van der Waals surface area contributed by atoms with Gasteiger partial charge in [0.25, 0.3) is 0 Å². The molecular weight excluding hydrogens is 177 g/mol. The van der Waals surface area contributed by atoms with Gasteiger partial charge in [-0.2, -0.15) is 0 Å². The van der Waals surface area contributed by atoms with Crippen LogP contribution in [0.15, 0.2) is 17.1 Å². The predicted molar refractivity (Wildman–Crippen MR) is 53.5 cm³/mol. The molecule has 1 aliphatic rings. The summed E-state index contributed by atoms with van der Waals surface area (Å²) in [6, 6.07) is 0. The van der Waals surface area contributed by atoms with Gasteiger partial charge in [-0.05, 0) is 19.4 Å². The Kier molecular flexibility index (Phi) is 2.99. The highest BCUT2D eigenvalue weighted by atomic mass is 32.4. The monoisotopic (exact) mass is 189 g/mol. The summed E-state index contributed by atoms with van der Waals surface area (Å²) in [7, 11) is 0. The van der Waals surface area contributed by atoms with Crippen LogP contribution in [0.25, 0.3) is 0 Å². The van der Waals surface area contributed by atoms with E-state index in [9.17, 15) is 0 Å². The zero-order valence-corrected chi connectivity index (χ0v) is 8.44. The maximum absolute atomic E-state index is 5.60. The molecule has 0 fully saturated rings. The number of hydrogen-bond donors (Lipinski definition) is 0. The van der Waals surface area contributed by atoms with Crippen molar-refractivity contribution in [1.82, 2.24) is 0 Å². The highest BCUT2D eigenvalue weighted by Gasteiger charge is 2.11. The molecule has 4 heteroatoms. The first-order valence-corrected chi connectivity index (χ1v) is 7.09. The molecule has 0 saturated carbocycles. The van der Waals surface area contributed by atoms with E-state index >= 15 is 0 Å². The predicted octanol–water partition coefficient (Wildman–Crippen LogP) is 1.67. The van der Waals surface area contributed by atoms with Crippen LogP contribution in [0.2, 0.25) is 0 Å². The van der Waals surface area contributed by atoms with Gasteiger partial charge in [0.05, 0.1) is 12.8 Å². The van der Waals surface area contributed by atoms with Gasteiger partial charge in [0.1, 0.15) is 6.10 Å². The Bertz CT molecular complexity index is 231. The fraction of sp³-hybridized carbons (Fsp3) is 0.571. The third-order valence-corrected chi connectivity index (χ3v) is 2.23. The van der Waals surface area contributed by atoms with E-state index in [4.69, 9.17) is 16.3 Å². The van der Waals surface area contributed by atoms with E-state index in [1.54, 1.807) is 6.21 Å². The lowest BCUT2D eigenvalue weighted by atomic mass is 10.3. The fourth-order valence-electron chi connectivity index (χ4n) is 0.855. The SMILES string of the molecule is CP(C)(=S)OC1C=CC=NC1. The van der Waals surface area contributed by atoms with Crippen molar-refractivity contribution in [2.75, 3.05) is 19.9 Å². The average molecular weight is 189 g/mol. The summed E-state index contributed by atoms with van der Waals surface area (Å²) in [5, 5.41) is 0. The van der Waals surface area contributed by atoms with E-state index in [1.807, 2.05) is 25.5 Å². The maximum Gasteiger partial charge on any atom is 0.101 e. The molecule has 0 aromatic rings. The van der Waals surface area contributed by atoms with Crippen LogP contribution in [0, 0.1) is 0 Å². The zero-order valence-electron chi connectivity index (χ0n) is 6.73. The van der Waals surface area contributed by atoms with Gasteiger partial charge in [-0.25, -0.2) is 0 Å². The van der Waals surface area contributed by atoms with Crippen LogP contribution in [0.3, 0.4) is 0 Å². The molecule has 1 unspecified atom stereocenters. The summed E-state index contributed by atoms with van der Waals surface area (Å²) in [5.74, 6) is 0. The minimum atomic E-state index is -1.53. The van der Waals surface area contributed by atoms with Crippen LogP contribution in [0.1, 0.15) is 0 Å². The molecule has 0 aliphatic carbocycles. The Hall–Kier alpha value is 0.0200. The van der Waals surface area contributed by atoms with Crippen molar-refractivity contribution >= 4 is 24.3 Å². The van der Waals surface area contributed by atoms with Crippen molar-refractivity contribution in [3.8, 4) is 0 Å². The third kappa shape index (κ3) is 3.80. The molecule has 11 heavy (non-hydrogen) atoms. The number of rotatable bonds is 2. The molecule has 0 bridgehead atoms. The van der Waals surface area contributed by atoms with E-state index < -0.39 is 6.26 Å². The van der Waals surface area contributed by atoms with Crippen molar-refractivity contribution in [2.45, 2.75) is 6.10 Å². The molecule has 1 rings (SSSR count). The molecule has 1 heterocycles. The highest BCUT2D eigenvalue weighted by molar-refractivity contribution is 8.11. The lowest BCUT2D eigenvalue weighted by Crippen LogP contribution is -2.14. The van der Waals surface area contributed by atoms with E-state index in [0.717, 1.165) is 6.54 Å². The molecule has 0 saturated heterocycles. The van der Waals surface area contributed by atoms with Crippen LogP contribution < -0.4 is 0 Å².